The average Bonchev–Trinajstić information content (AvgIpc) is 2.46. The third-order valence-electron chi connectivity index (χ3n) is 3.78. The molecule has 0 saturated carbocycles. The van der Waals surface area contributed by atoms with E-state index < -0.39 is 0 Å². The Morgan fingerprint density at radius 1 is 1.55 bits per heavy atom. The molecule has 0 spiro atoms. The molecule has 0 radical (unpaired) electrons. The SMILES string of the molecule is CCCNC(Cc1ccc(Br)cn1)C1CSCCN1C. The van der Waals surface area contributed by atoms with E-state index in [1.54, 1.807) is 0 Å². The van der Waals surface area contributed by atoms with Crippen molar-refractivity contribution in [1.82, 2.24) is 15.2 Å². The summed E-state index contributed by atoms with van der Waals surface area (Å²) in [4.78, 5) is 7.04. The Morgan fingerprint density at radius 3 is 3.05 bits per heavy atom. The van der Waals surface area contributed by atoms with Crippen LogP contribution in [0.25, 0.3) is 0 Å². The molecule has 2 heterocycles. The van der Waals surface area contributed by atoms with Gasteiger partial charge in [0.2, 0.25) is 0 Å². The zero-order valence-electron chi connectivity index (χ0n) is 12.3. The molecule has 2 atom stereocenters. The van der Waals surface area contributed by atoms with Crippen molar-refractivity contribution in [3.63, 3.8) is 0 Å². The van der Waals surface area contributed by atoms with Crippen LogP contribution in [0.4, 0.5) is 0 Å². The topological polar surface area (TPSA) is 28.2 Å². The van der Waals surface area contributed by atoms with Crippen LogP contribution in [0.2, 0.25) is 0 Å². The van der Waals surface area contributed by atoms with Crippen LogP contribution in [0.3, 0.4) is 0 Å². The van der Waals surface area contributed by atoms with Crippen molar-refractivity contribution in [2.45, 2.75) is 31.8 Å². The van der Waals surface area contributed by atoms with E-state index in [0.717, 1.165) is 17.4 Å². The van der Waals surface area contributed by atoms with Gasteiger partial charge < -0.3 is 10.2 Å². The van der Waals surface area contributed by atoms with Gasteiger partial charge in [-0.3, -0.25) is 4.98 Å². The highest BCUT2D eigenvalue weighted by atomic mass is 79.9. The van der Waals surface area contributed by atoms with Crippen molar-refractivity contribution in [1.29, 1.82) is 0 Å². The molecule has 20 heavy (non-hydrogen) atoms. The third-order valence-corrected chi connectivity index (χ3v) is 5.30. The molecule has 2 rings (SSSR count). The van der Waals surface area contributed by atoms with E-state index in [-0.39, 0.29) is 0 Å². The van der Waals surface area contributed by atoms with Gasteiger partial charge in [0.1, 0.15) is 0 Å². The standard InChI is InChI=1S/C15H24BrN3S/c1-3-6-17-14(15-11-20-8-7-19(15)2)9-13-5-4-12(16)10-18-13/h4-5,10,14-15,17H,3,6-9,11H2,1-2H3. The molecule has 0 aliphatic carbocycles. The van der Waals surface area contributed by atoms with Crippen molar-refractivity contribution in [3.05, 3.63) is 28.5 Å². The van der Waals surface area contributed by atoms with E-state index in [9.17, 15) is 0 Å². The van der Waals surface area contributed by atoms with Gasteiger partial charge in [0, 0.05) is 52.9 Å². The Hall–Kier alpha value is -0.100. The summed E-state index contributed by atoms with van der Waals surface area (Å²) in [5.41, 5.74) is 1.17. The molecule has 1 saturated heterocycles. The molecule has 1 aromatic heterocycles. The molecule has 2 unspecified atom stereocenters. The third kappa shape index (κ3) is 4.72. The second-order valence-corrected chi connectivity index (χ2v) is 7.42. The van der Waals surface area contributed by atoms with Gasteiger partial charge in [0.25, 0.3) is 0 Å². The molecular weight excluding hydrogens is 334 g/mol. The van der Waals surface area contributed by atoms with Gasteiger partial charge in [0.15, 0.2) is 0 Å². The molecule has 112 valence electrons. The summed E-state index contributed by atoms with van der Waals surface area (Å²) < 4.78 is 1.05. The number of likely N-dealkylation sites (N-methyl/N-ethyl adjacent to an activating group) is 1. The van der Waals surface area contributed by atoms with Crippen LogP contribution < -0.4 is 5.32 Å². The predicted molar refractivity (Wildman–Crippen MR) is 91.5 cm³/mol. The van der Waals surface area contributed by atoms with Crippen LogP contribution in [0, 0.1) is 0 Å². The number of pyridine rings is 1. The summed E-state index contributed by atoms with van der Waals surface area (Å²) in [6, 6.07) is 5.30. The fourth-order valence-electron chi connectivity index (χ4n) is 2.56. The number of hydrogen-bond acceptors (Lipinski definition) is 4. The molecule has 1 N–H and O–H groups in total. The average molecular weight is 358 g/mol. The minimum absolute atomic E-state index is 0.487. The fourth-order valence-corrected chi connectivity index (χ4v) is 4.10. The van der Waals surface area contributed by atoms with Gasteiger partial charge in [0.05, 0.1) is 0 Å². The van der Waals surface area contributed by atoms with Gasteiger partial charge in [-0.2, -0.15) is 11.8 Å². The highest BCUT2D eigenvalue weighted by Crippen LogP contribution is 2.20. The van der Waals surface area contributed by atoms with Crippen LogP contribution in [0.15, 0.2) is 22.8 Å². The minimum Gasteiger partial charge on any atom is -0.312 e. The first-order valence-corrected chi connectivity index (χ1v) is 9.27. The van der Waals surface area contributed by atoms with Crippen LogP contribution >= 0.6 is 27.7 Å². The summed E-state index contributed by atoms with van der Waals surface area (Å²) in [5.74, 6) is 2.47. The van der Waals surface area contributed by atoms with Crippen LogP contribution in [0.1, 0.15) is 19.0 Å². The first kappa shape index (κ1) is 16.3. The molecule has 1 aromatic rings. The maximum atomic E-state index is 4.53. The van der Waals surface area contributed by atoms with Crippen LogP contribution in [0.5, 0.6) is 0 Å². The lowest BCUT2D eigenvalue weighted by Crippen LogP contribution is -2.53. The van der Waals surface area contributed by atoms with Crippen molar-refractivity contribution in [2.75, 3.05) is 31.6 Å². The molecule has 5 heteroatoms. The quantitative estimate of drug-likeness (QED) is 0.847. The Bertz CT molecular complexity index is 399. The fraction of sp³-hybridized carbons (Fsp3) is 0.667. The Morgan fingerprint density at radius 2 is 2.40 bits per heavy atom. The maximum absolute atomic E-state index is 4.53. The van der Waals surface area contributed by atoms with Crippen molar-refractivity contribution in [2.24, 2.45) is 0 Å². The van der Waals surface area contributed by atoms with E-state index in [1.807, 2.05) is 6.20 Å². The van der Waals surface area contributed by atoms with Crippen molar-refractivity contribution < 1.29 is 0 Å². The molecule has 1 aliphatic heterocycles. The van der Waals surface area contributed by atoms with Crippen LogP contribution in [-0.2, 0) is 6.42 Å². The Balaban J connectivity index is 2.03. The van der Waals surface area contributed by atoms with E-state index in [2.05, 4.69) is 69.0 Å². The van der Waals surface area contributed by atoms with Crippen molar-refractivity contribution >= 4 is 27.7 Å². The number of halogens is 1. The number of thioether (sulfide) groups is 1. The van der Waals surface area contributed by atoms with E-state index in [1.165, 1.54) is 30.2 Å². The van der Waals surface area contributed by atoms with Crippen molar-refractivity contribution in [3.8, 4) is 0 Å². The zero-order chi connectivity index (χ0) is 14.4. The molecular formula is C15H24BrN3S. The number of hydrogen-bond donors (Lipinski definition) is 1. The van der Waals surface area contributed by atoms with E-state index in [4.69, 9.17) is 0 Å². The number of rotatable bonds is 6. The number of aromatic nitrogens is 1. The molecule has 0 amide bonds. The summed E-state index contributed by atoms with van der Waals surface area (Å²) in [6.45, 7) is 4.49. The second kappa shape index (κ2) is 8.37. The largest absolute Gasteiger partial charge is 0.312 e. The highest BCUT2D eigenvalue weighted by molar-refractivity contribution is 9.10. The summed E-state index contributed by atoms with van der Waals surface area (Å²) in [7, 11) is 2.25. The lowest BCUT2D eigenvalue weighted by atomic mass is 10.0. The molecule has 0 bridgehead atoms. The van der Waals surface area contributed by atoms with E-state index in [0.29, 0.717) is 12.1 Å². The normalized spacial score (nSPS) is 21.9. The van der Waals surface area contributed by atoms with E-state index >= 15 is 0 Å². The number of nitrogens with zero attached hydrogens (tertiary/aromatic N) is 2. The second-order valence-electron chi connectivity index (χ2n) is 5.36. The maximum Gasteiger partial charge on any atom is 0.0420 e. The lowest BCUT2D eigenvalue weighted by molar-refractivity contribution is 0.213. The predicted octanol–water partition coefficient (Wildman–Crippen LogP) is 2.80. The molecule has 0 aromatic carbocycles. The lowest BCUT2D eigenvalue weighted by Gasteiger charge is -2.38. The van der Waals surface area contributed by atoms with Gasteiger partial charge in [-0.15, -0.1) is 0 Å². The monoisotopic (exact) mass is 357 g/mol. The number of nitrogens with one attached hydrogen (secondary N) is 1. The zero-order valence-corrected chi connectivity index (χ0v) is 14.7. The molecule has 1 fully saturated rings. The first-order valence-electron chi connectivity index (χ1n) is 7.32. The smallest absolute Gasteiger partial charge is 0.0420 e. The highest BCUT2D eigenvalue weighted by Gasteiger charge is 2.27. The summed E-state index contributed by atoms with van der Waals surface area (Å²) in [6.07, 6.45) is 4.07. The Labute approximate surface area is 135 Å². The van der Waals surface area contributed by atoms with Gasteiger partial charge in [-0.1, -0.05) is 6.92 Å². The van der Waals surface area contributed by atoms with Crippen LogP contribution in [-0.4, -0.2) is 53.6 Å². The molecule has 1 aliphatic rings. The van der Waals surface area contributed by atoms with Gasteiger partial charge >= 0.3 is 0 Å². The molecule has 3 nitrogen and oxygen atoms in total. The Kier molecular flexibility index (Phi) is 6.81. The summed E-state index contributed by atoms with van der Waals surface area (Å²) >= 11 is 5.52. The summed E-state index contributed by atoms with van der Waals surface area (Å²) in [5, 5.41) is 3.73. The minimum atomic E-state index is 0.487. The first-order chi connectivity index (χ1) is 9.70. The van der Waals surface area contributed by atoms with Gasteiger partial charge in [-0.05, 0) is 48.1 Å². The van der Waals surface area contributed by atoms with Gasteiger partial charge in [-0.25, -0.2) is 0 Å².